The third-order valence-electron chi connectivity index (χ3n) is 3.44. The number of aliphatic hydroxyl groups excluding tert-OH is 1. The Morgan fingerprint density at radius 2 is 2.08 bits per heavy atom. The van der Waals surface area contributed by atoms with Crippen LogP contribution in [0.4, 0.5) is 10.1 Å². The van der Waals surface area contributed by atoms with E-state index in [1.54, 1.807) is 24.3 Å². The number of nitrogens with zero attached hydrogens (tertiary/aromatic N) is 1. The van der Waals surface area contributed by atoms with Crippen molar-refractivity contribution in [3.63, 3.8) is 0 Å². The van der Waals surface area contributed by atoms with Gasteiger partial charge in [0.05, 0.1) is 18.7 Å². The number of benzene rings is 2. The Balaban J connectivity index is 1.66. The minimum Gasteiger partial charge on any atom is -0.445 e. The van der Waals surface area contributed by atoms with Gasteiger partial charge in [-0.3, -0.25) is 4.79 Å². The van der Waals surface area contributed by atoms with Crippen molar-refractivity contribution in [1.29, 1.82) is 0 Å². The first-order valence-electron chi connectivity index (χ1n) is 7.35. The van der Waals surface area contributed by atoms with E-state index in [2.05, 4.69) is 10.3 Å². The predicted octanol–water partition coefficient (Wildman–Crippen LogP) is 3.54. The lowest BCUT2D eigenvalue weighted by Crippen LogP contribution is -2.15. The molecule has 0 saturated carbocycles. The summed E-state index contributed by atoms with van der Waals surface area (Å²) in [4.78, 5) is 16.1. The zero-order chi connectivity index (χ0) is 16.9. The lowest BCUT2D eigenvalue weighted by atomic mass is 10.1. The molecule has 5 nitrogen and oxygen atoms in total. The number of hydrogen-bond acceptors (Lipinski definition) is 4. The van der Waals surface area contributed by atoms with Gasteiger partial charge >= 0.3 is 0 Å². The van der Waals surface area contributed by atoms with Crippen molar-refractivity contribution < 1.29 is 18.7 Å². The minimum absolute atomic E-state index is 0.174. The Morgan fingerprint density at radius 3 is 2.83 bits per heavy atom. The van der Waals surface area contributed by atoms with Crippen molar-refractivity contribution in [1.82, 2.24) is 4.98 Å². The van der Waals surface area contributed by atoms with Crippen LogP contribution in [0, 0.1) is 5.82 Å². The van der Waals surface area contributed by atoms with E-state index in [4.69, 9.17) is 4.42 Å². The molecule has 3 rings (SSSR count). The Hall–Kier alpha value is -2.99. The molecule has 1 heterocycles. The number of carbonyl (C=O) groups is 1. The summed E-state index contributed by atoms with van der Waals surface area (Å²) < 4.78 is 18.4. The molecule has 3 aromatic rings. The zero-order valence-electron chi connectivity index (χ0n) is 12.6. The molecule has 0 aliphatic rings. The van der Waals surface area contributed by atoms with E-state index in [1.165, 1.54) is 30.7 Å². The fourth-order valence-electron chi connectivity index (χ4n) is 2.32. The number of carbonyl (C=O) groups excluding carboxylic acids is 1. The van der Waals surface area contributed by atoms with E-state index in [1.807, 2.05) is 6.07 Å². The predicted molar refractivity (Wildman–Crippen MR) is 86.5 cm³/mol. The van der Waals surface area contributed by atoms with Crippen molar-refractivity contribution >= 4 is 11.6 Å². The number of aromatic nitrogens is 1. The van der Waals surface area contributed by atoms with Crippen molar-refractivity contribution in [3.8, 4) is 11.5 Å². The smallest absolute Gasteiger partial charge is 0.227 e. The molecular formula is C18H15FN2O3. The van der Waals surface area contributed by atoms with Crippen LogP contribution in [-0.2, 0) is 4.79 Å². The van der Waals surface area contributed by atoms with Crippen LogP contribution >= 0.6 is 0 Å². The number of amides is 1. The zero-order valence-corrected chi connectivity index (χ0v) is 12.6. The molecule has 1 amide bonds. The molecule has 24 heavy (non-hydrogen) atoms. The van der Waals surface area contributed by atoms with E-state index in [9.17, 15) is 14.3 Å². The first kappa shape index (κ1) is 15.9. The molecule has 0 saturated heterocycles. The largest absolute Gasteiger partial charge is 0.445 e. The topological polar surface area (TPSA) is 75.4 Å². The summed E-state index contributed by atoms with van der Waals surface area (Å²) in [6.07, 6.45) is 1.76. The second-order valence-electron chi connectivity index (χ2n) is 5.24. The molecule has 0 aliphatic carbocycles. The highest BCUT2D eigenvalue weighted by Crippen LogP contribution is 2.22. The van der Waals surface area contributed by atoms with Crippen LogP contribution < -0.4 is 5.32 Å². The Kier molecular flexibility index (Phi) is 4.67. The van der Waals surface area contributed by atoms with Crippen molar-refractivity contribution in [2.45, 2.75) is 12.5 Å². The van der Waals surface area contributed by atoms with Gasteiger partial charge in [0.25, 0.3) is 0 Å². The number of halogens is 1. The van der Waals surface area contributed by atoms with Crippen molar-refractivity contribution in [2.24, 2.45) is 0 Å². The summed E-state index contributed by atoms with van der Waals surface area (Å²) in [6.45, 7) is 0. The van der Waals surface area contributed by atoms with Gasteiger partial charge in [-0.2, -0.15) is 0 Å². The van der Waals surface area contributed by atoms with Gasteiger partial charge < -0.3 is 14.8 Å². The first-order valence-corrected chi connectivity index (χ1v) is 7.35. The van der Waals surface area contributed by atoms with Gasteiger partial charge in [0.2, 0.25) is 11.8 Å². The van der Waals surface area contributed by atoms with Crippen molar-refractivity contribution in [3.05, 3.63) is 72.4 Å². The highest BCUT2D eigenvalue weighted by Gasteiger charge is 2.14. The quantitative estimate of drug-likeness (QED) is 0.752. The van der Waals surface area contributed by atoms with Gasteiger partial charge in [0, 0.05) is 11.3 Å². The van der Waals surface area contributed by atoms with Crippen molar-refractivity contribution in [2.75, 3.05) is 5.32 Å². The highest BCUT2D eigenvalue weighted by molar-refractivity contribution is 5.91. The average Bonchev–Trinajstić information content (AvgIpc) is 3.09. The number of nitrogens with one attached hydrogen (secondary N) is 1. The van der Waals surface area contributed by atoms with Gasteiger partial charge in [-0.15, -0.1) is 0 Å². The van der Waals surface area contributed by atoms with Crippen LogP contribution in [0.3, 0.4) is 0 Å². The van der Waals surface area contributed by atoms with Crippen LogP contribution in [0.1, 0.15) is 18.1 Å². The molecule has 122 valence electrons. The molecule has 1 atom stereocenters. The van der Waals surface area contributed by atoms with E-state index in [0.717, 1.165) is 5.56 Å². The minimum atomic E-state index is -1.07. The summed E-state index contributed by atoms with van der Waals surface area (Å²) in [5, 5.41) is 12.7. The van der Waals surface area contributed by atoms with E-state index in [-0.39, 0.29) is 12.3 Å². The maximum absolute atomic E-state index is 13.2. The molecule has 0 radical (unpaired) electrons. The third kappa shape index (κ3) is 3.85. The molecule has 1 unspecified atom stereocenters. The van der Waals surface area contributed by atoms with Gasteiger partial charge in [0.15, 0.2) is 0 Å². The highest BCUT2D eigenvalue weighted by atomic mass is 19.1. The van der Waals surface area contributed by atoms with E-state index in [0.29, 0.717) is 17.1 Å². The maximum Gasteiger partial charge on any atom is 0.227 e. The second kappa shape index (κ2) is 7.06. The van der Waals surface area contributed by atoms with Gasteiger partial charge in [-0.05, 0) is 35.9 Å². The number of anilines is 1. The monoisotopic (exact) mass is 326 g/mol. The van der Waals surface area contributed by atoms with Crippen LogP contribution in [0.2, 0.25) is 0 Å². The first-order chi connectivity index (χ1) is 11.6. The fraction of sp³-hybridized carbons (Fsp3) is 0.111. The number of oxazole rings is 1. The standard InChI is InChI=1S/C18H15FN2O3/c19-14-5-1-3-12(9-14)16(22)11-17(23)21-15-6-2-4-13(10-15)18-20-7-8-24-18/h1-10,16,22H,11H2,(H,21,23). The molecule has 0 aliphatic heterocycles. The van der Waals surface area contributed by atoms with Gasteiger partial charge in [0.1, 0.15) is 12.1 Å². The van der Waals surface area contributed by atoms with Crippen LogP contribution in [0.5, 0.6) is 0 Å². The Morgan fingerprint density at radius 1 is 1.25 bits per heavy atom. The van der Waals surface area contributed by atoms with Crippen LogP contribution in [0.15, 0.2) is 65.4 Å². The Bertz CT molecular complexity index is 834. The van der Waals surface area contributed by atoms with Gasteiger partial charge in [-0.25, -0.2) is 9.37 Å². The Labute approximate surface area is 137 Å². The number of aliphatic hydroxyl groups is 1. The molecule has 6 heteroatoms. The summed E-state index contributed by atoms with van der Waals surface area (Å²) in [6, 6.07) is 12.6. The summed E-state index contributed by atoms with van der Waals surface area (Å²) in [5.74, 6) is -0.382. The molecule has 1 aromatic heterocycles. The van der Waals surface area contributed by atoms with Gasteiger partial charge in [-0.1, -0.05) is 18.2 Å². The second-order valence-corrected chi connectivity index (χ2v) is 5.24. The molecular weight excluding hydrogens is 311 g/mol. The lowest BCUT2D eigenvalue weighted by Gasteiger charge is -2.11. The molecule has 0 spiro atoms. The normalized spacial score (nSPS) is 11.9. The molecule has 2 aromatic carbocycles. The summed E-state index contributed by atoms with van der Waals surface area (Å²) in [5.41, 5.74) is 1.64. The van der Waals surface area contributed by atoms with E-state index < -0.39 is 11.9 Å². The molecule has 0 fully saturated rings. The number of rotatable bonds is 5. The SMILES string of the molecule is O=C(CC(O)c1cccc(F)c1)Nc1cccc(-c2ncco2)c1. The average molecular weight is 326 g/mol. The third-order valence-corrected chi connectivity index (χ3v) is 3.44. The summed E-state index contributed by atoms with van der Waals surface area (Å²) >= 11 is 0. The number of hydrogen-bond donors (Lipinski definition) is 2. The fourth-order valence-corrected chi connectivity index (χ4v) is 2.32. The maximum atomic E-state index is 13.2. The summed E-state index contributed by atoms with van der Waals surface area (Å²) in [7, 11) is 0. The van der Waals surface area contributed by atoms with E-state index >= 15 is 0 Å². The van der Waals surface area contributed by atoms with Crippen LogP contribution in [-0.4, -0.2) is 16.0 Å². The molecule has 0 bridgehead atoms. The lowest BCUT2D eigenvalue weighted by molar-refractivity contribution is -0.118. The van der Waals surface area contributed by atoms with Crippen LogP contribution in [0.25, 0.3) is 11.5 Å². The molecule has 2 N–H and O–H groups in total.